The molecule has 48 valence electrons. The predicted molar refractivity (Wildman–Crippen MR) is 30.3 cm³/mol. The van der Waals surface area contributed by atoms with Gasteiger partial charge in [-0.15, -0.1) is 0 Å². The van der Waals surface area contributed by atoms with E-state index in [-0.39, 0.29) is 11.7 Å². The monoisotopic (exact) mass is 116 g/mol. The van der Waals surface area contributed by atoms with E-state index < -0.39 is 0 Å². The van der Waals surface area contributed by atoms with Gasteiger partial charge in [-0.05, 0) is 0 Å². The van der Waals surface area contributed by atoms with Crippen LogP contribution in [0.1, 0.15) is 20.8 Å². The summed E-state index contributed by atoms with van der Waals surface area (Å²) in [5, 5.41) is 0. The van der Waals surface area contributed by atoms with E-state index in [2.05, 4.69) is 20.8 Å². The normalized spacial score (nSPS) is 22.9. The molecule has 0 bridgehead atoms. The summed E-state index contributed by atoms with van der Waals surface area (Å²) in [7, 11) is 0. The first-order valence-electron chi connectivity index (χ1n) is 2.84. The van der Waals surface area contributed by atoms with Gasteiger partial charge in [-0.25, -0.2) is 0 Å². The van der Waals surface area contributed by atoms with Crippen LogP contribution in [0.15, 0.2) is 0 Å². The zero-order chi connectivity index (χ0) is 6.20. The van der Waals surface area contributed by atoms with Crippen LogP contribution in [0.3, 0.4) is 0 Å². The van der Waals surface area contributed by atoms with E-state index in [1.165, 1.54) is 0 Å². The van der Waals surface area contributed by atoms with Gasteiger partial charge in [0.25, 0.3) is 0 Å². The highest BCUT2D eigenvalue weighted by atomic mass is 16.8. The van der Waals surface area contributed by atoms with E-state index in [1.807, 2.05) is 0 Å². The molecule has 0 amide bonds. The summed E-state index contributed by atoms with van der Waals surface area (Å²) in [6.07, 6.45) is 0.0301. The maximum absolute atomic E-state index is 5.07. The first-order chi connectivity index (χ1) is 3.61. The van der Waals surface area contributed by atoms with E-state index in [1.54, 1.807) is 0 Å². The highest BCUT2D eigenvalue weighted by molar-refractivity contribution is 4.68. The molecule has 0 aromatic rings. The number of ether oxygens (including phenoxy) is 2. The SMILES string of the molecule is CC(C)(C)C1OCO1. The minimum Gasteiger partial charge on any atom is -0.326 e. The van der Waals surface area contributed by atoms with Gasteiger partial charge in [-0.2, -0.15) is 0 Å². The van der Waals surface area contributed by atoms with Crippen molar-refractivity contribution >= 4 is 0 Å². The van der Waals surface area contributed by atoms with Crippen LogP contribution in [0.4, 0.5) is 0 Å². The molecule has 0 unspecified atom stereocenters. The highest BCUT2D eigenvalue weighted by Crippen LogP contribution is 2.27. The lowest BCUT2D eigenvalue weighted by molar-refractivity contribution is -0.354. The molecule has 0 atom stereocenters. The number of rotatable bonds is 0. The Bertz CT molecular complexity index is 79.0. The molecule has 0 spiro atoms. The molecular weight excluding hydrogens is 104 g/mol. The van der Waals surface area contributed by atoms with Gasteiger partial charge in [0.05, 0.1) is 0 Å². The number of hydrogen-bond donors (Lipinski definition) is 0. The van der Waals surface area contributed by atoms with Crippen LogP contribution in [0.25, 0.3) is 0 Å². The van der Waals surface area contributed by atoms with Gasteiger partial charge < -0.3 is 9.47 Å². The largest absolute Gasteiger partial charge is 0.326 e. The van der Waals surface area contributed by atoms with Crippen molar-refractivity contribution in [2.24, 2.45) is 5.41 Å². The van der Waals surface area contributed by atoms with Crippen molar-refractivity contribution in [3.8, 4) is 0 Å². The summed E-state index contributed by atoms with van der Waals surface area (Å²) in [4.78, 5) is 0. The molecule has 0 radical (unpaired) electrons. The minimum absolute atomic E-state index is 0.0301. The number of hydrogen-bond acceptors (Lipinski definition) is 2. The minimum atomic E-state index is 0.0301. The molecule has 8 heavy (non-hydrogen) atoms. The quantitative estimate of drug-likeness (QED) is 0.475. The van der Waals surface area contributed by atoms with Gasteiger partial charge in [0, 0.05) is 5.41 Å². The molecule has 1 fully saturated rings. The van der Waals surface area contributed by atoms with Crippen LogP contribution >= 0.6 is 0 Å². The Hall–Kier alpha value is -0.0800. The van der Waals surface area contributed by atoms with Gasteiger partial charge in [-0.3, -0.25) is 0 Å². The summed E-state index contributed by atoms with van der Waals surface area (Å²) in [5.41, 5.74) is 0.151. The lowest BCUT2D eigenvalue weighted by Gasteiger charge is -2.36. The fraction of sp³-hybridized carbons (Fsp3) is 1.00. The van der Waals surface area contributed by atoms with Gasteiger partial charge in [0.1, 0.15) is 0 Å². The van der Waals surface area contributed by atoms with Gasteiger partial charge >= 0.3 is 0 Å². The molecule has 1 saturated heterocycles. The Morgan fingerprint density at radius 2 is 1.75 bits per heavy atom. The third-order valence-electron chi connectivity index (χ3n) is 1.15. The van der Waals surface area contributed by atoms with E-state index in [9.17, 15) is 0 Å². The smallest absolute Gasteiger partial charge is 0.168 e. The fourth-order valence-corrected chi connectivity index (χ4v) is 0.636. The second-order valence-electron chi connectivity index (χ2n) is 3.15. The van der Waals surface area contributed by atoms with Crippen LogP contribution in [-0.4, -0.2) is 13.1 Å². The van der Waals surface area contributed by atoms with Crippen LogP contribution in [0, 0.1) is 5.41 Å². The molecule has 1 rings (SSSR count). The molecule has 2 heteroatoms. The van der Waals surface area contributed by atoms with Crippen molar-refractivity contribution in [3.05, 3.63) is 0 Å². The van der Waals surface area contributed by atoms with E-state index in [4.69, 9.17) is 9.47 Å². The van der Waals surface area contributed by atoms with Crippen LogP contribution in [0.2, 0.25) is 0 Å². The fourth-order valence-electron chi connectivity index (χ4n) is 0.636. The maximum atomic E-state index is 5.07. The first-order valence-corrected chi connectivity index (χ1v) is 2.84. The Morgan fingerprint density at radius 3 is 1.75 bits per heavy atom. The lowest BCUT2D eigenvalue weighted by Crippen LogP contribution is -2.41. The molecule has 0 N–H and O–H groups in total. The second kappa shape index (κ2) is 1.71. The third kappa shape index (κ3) is 1.01. The van der Waals surface area contributed by atoms with Gasteiger partial charge in [0.2, 0.25) is 0 Å². The molecule has 1 heterocycles. The summed E-state index contributed by atoms with van der Waals surface area (Å²) in [6.45, 7) is 6.76. The van der Waals surface area contributed by atoms with Crippen molar-refractivity contribution in [1.82, 2.24) is 0 Å². The predicted octanol–water partition coefficient (Wildman–Crippen LogP) is 1.36. The maximum Gasteiger partial charge on any atom is 0.168 e. The molecule has 1 aliphatic heterocycles. The Balaban J connectivity index is 2.34. The Kier molecular flexibility index (Phi) is 1.29. The van der Waals surface area contributed by atoms with Crippen molar-refractivity contribution < 1.29 is 9.47 Å². The molecule has 0 aromatic heterocycles. The topological polar surface area (TPSA) is 18.5 Å². The lowest BCUT2D eigenvalue weighted by atomic mass is 9.95. The van der Waals surface area contributed by atoms with Gasteiger partial charge in [0.15, 0.2) is 13.1 Å². The first kappa shape index (κ1) is 6.05. The van der Waals surface area contributed by atoms with Crippen molar-refractivity contribution in [2.75, 3.05) is 6.79 Å². The average molecular weight is 116 g/mol. The van der Waals surface area contributed by atoms with Crippen LogP contribution in [0.5, 0.6) is 0 Å². The highest BCUT2D eigenvalue weighted by Gasteiger charge is 2.31. The Morgan fingerprint density at radius 1 is 1.25 bits per heavy atom. The molecule has 0 aliphatic carbocycles. The third-order valence-corrected chi connectivity index (χ3v) is 1.15. The van der Waals surface area contributed by atoms with Crippen LogP contribution < -0.4 is 0 Å². The zero-order valence-electron chi connectivity index (χ0n) is 5.60. The summed E-state index contributed by atoms with van der Waals surface area (Å²) in [6, 6.07) is 0. The average Bonchev–Trinajstić information content (AvgIpc) is 1.16. The molecule has 0 saturated carbocycles. The van der Waals surface area contributed by atoms with Crippen molar-refractivity contribution in [1.29, 1.82) is 0 Å². The van der Waals surface area contributed by atoms with Crippen molar-refractivity contribution in [2.45, 2.75) is 27.1 Å². The summed E-state index contributed by atoms with van der Waals surface area (Å²) in [5.74, 6) is 0. The zero-order valence-corrected chi connectivity index (χ0v) is 5.60. The van der Waals surface area contributed by atoms with Crippen LogP contribution in [-0.2, 0) is 9.47 Å². The molecular formula is C6H12O2. The second-order valence-corrected chi connectivity index (χ2v) is 3.15. The van der Waals surface area contributed by atoms with Gasteiger partial charge in [-0.1, -0.05) is 20.8 Å². The van der Waals surface area contributed by atoms with E-state index >= 15 is 0 Å². The molecule has 1 aliphatic rings. The van der Waals surface area contributed by atoms with E-state index in [0.29, 0.717) is 6.79 Å². The molecule has 2 nitrogen and oxygen atoms in total. The Labute approximate surface area is 49.8 Å². The van der Waals surface area contributed by atoms with Crippen molar-refractivity contribution in [3.63, 3.8) is 0 Å². The summed E-state index contributed by atoms with van der Waals surface area (Å²) < 4.78 is 10.1. The standard InChI is InChI=1S/C6H12O2/c1-6(2,3)5-7-4-8-5/h5H,4H2,1-3H3. The molecule has 0 aromatic carbocycles. The van der Waals surface area contributed by atoms with E-state index in [0.717, 1.165) is 0 Å². The summed E-state index contributed by atoms with van der Waals surface area (Å²) >= 11 is 0.